The van der Waals surface area contributed by atoms with Crippen LogP contribution in [0.5, 0.6) is 0 Å². The maximum absolute atomic E-state index is 14.2. The minimum absolute atomic E-state index is 0.146. The van der Waals surface area contributed by atoms with Gasteiger partial charge in [-0.2, -0.15) is 0 Å². The standard InChI is InChI=1S/C16H25FN2/c1-11(2)19(4)16-9-8-13(10-14(16)17)18-15-7-5-6-12(15)3/h8-12,15,18H,5-7H2,1-4H3. The van der Waals surface area contributed by atoms with E-state index in [1.165, 1.54) is 19.3 Å². The van der Waals surface area contributed by atoms with Crippen LogP contribution in [0.3, 0.4) is 0 Å². The van der Waals surface area contributed by atoms with E-state index in [-0.39, 0.29) is 5.82 Å². The smallest absolute Gasteiger partial charge is 0.148 e. The highest BCUT2D eigenvalue weighted by Gasteiger charge is 2.23. The normalized spacial score (nSPS) is 22.8. The van der Waals surface area contributed by atoms with Gasteiger partial charge in [0.25, 0.3) is 0 Å². The number of nitrogens with zero attached hydrogens (tertiary/aromatic N) is 1. The summed E-state index contributed by atoms with van der Waals surface area (Å²) < 4.78 is 14.2. The van der Waals surface area contributed by atoms with Gasteiger partial charge in [0.15, 0.2) is 0 Å². The summed E-state index contributed by atoms with van der Waals surface area (Å²) in [6.07, 6.45) is 3.74. The molecule has 1 N–H and O–H groups in total. The number of halogens is 1. The summed E-state index contributed by atoms with van der Waals surface area (Å²) in [7, 11) is 1.93. The van der Waals surface area contributed by atoms with Gasteiger partial charge in [-0.05, 0) is 50.8 Å². The third-order valence-electron chi connectivity index (χ3n) is 4.32. The highest BCUT2D eigenvalue weighted by molar-refractivity contribution is 5.56. The molecule has 2 nitrogen and oxygen atoms in total. The van der Waals surface area contributed by atoms with Crippen LogP contribution < -0.4 is 10.2 Å². The van der Waals surface area contributed by atoms with E-state index in [1.807, 2.05) is 24.1 Å². The summed E-state index contributed by atoms with van der Waals surface area (Å²) in [6.45, 7) is 6.39. The molecule has 1 saturated carbocycles. The lowest BCUT2D eigenvalue weighted by Crippen LogP contribution is -2.26. The molecule has 0 aromatic heterocycles. The molecule has 0 radical (unpaired) electrons. The van der Waals surface area contributed by atoms with E-state index >= 15 is 0 Å². The first-order valence-corrected chi connectivity index (χ1v) is 7.28. The van der Waals surface area contributed by atoms with E-state index < -0.39 is 0 Å². The van der Waals surface area contributed by atoms with Gasteiger partial charge in [-0.1, -0.05) is 13.3 Å². The lowest BCUT2D eigenvalue weighted by molar-refractivity contribution is 0.555. The van der Waals surface area contributed by atoms with Crippen LogP contribution in [0.1, 0.15) is 40.0 Å². The number of hydrogen-bond acceptors (Lipinski definition) is 2. The summed E-state index contributed by atoms with van der Waals surface area (Å²) >= 11 is 0. The second-order valence-corrected chi connectivity index (χ2v) is 6.03. The molecule has 3 heteroatoms. The minimum atomic E-state index is -0.146. The highest BCUT2D eigenvalue weighted by atomic mass is 19.1. The summed E-state index contributed by atoms with van der Waals surface area (Å²) in [5, 5.41) is 3.47. The number of rotatable bonds is 4. The monoisotopic (exact) mass is 264 g/mol. The van der Waals surface area contributed by atoms with Crippen molar-refractivity contribution in [1.29, 1.82) is 0 Å². The maximum atomic E-state index is 14.2. The summed E-state index contributed by atoms with van der Waals surface area (Å²) in [5.74, 6) is 0.535. The van der Waals surface area contributed by atoms with E-state index in [0.717, 1.165) is 5.69 Å². The summed E-state index contributed by atoms with van der Waals surface area (Å²) in [6, 6.07) is 6.27. The molecule has 2 rings (SSSR count). The predicted octanol–water partition coefficient (Wildman–Crippen LogP) is 4.27. The second kappa shape index (κ2) is 5.81. The fourth-order valence-corrected chi connectivity index (χ4v) is 2.73. The van der Waals surface area contributed by atoms with Gasteiger partial charge in [-0.15, -0.1) is 0 Å². The van der Waals surface area contributed by atoms with E-state index in [0.29, 0.717) is 23.7 Å². The van der Waals surface area contributed by atoms with Crippen LogP contribution in [-0.4, -0.2) is 19.1 Å². The molecular formula is C16H25FN2. The number of benzene rings is 1. The molecule has 0 saturated heterocycles. The minimum Gasteiger partial charge on any atom is -0.382 e. The van der Waals surface area contributed by atoms with E-state index in [4.69, 9.17) is 0 Å². The average Bonchev–Trinajstić information content (AvgIpc) is 2.74. The van der Waals surface area contributed by atoms with Crippen molar-refractivity contribution in [2.45, 2.75) is 52.1 Å². The van der Waals surface area contributed by atoms with Crippen LogP contribution in [0.15, 0.2) is 18.2 Å². The molecule has 1 aromatic carbocycles. The van der Waals surface area contributed by atoms with E-state index in [9.17, 15) is 4.39 Å². The van der Waals surface area contributed by atoms with Gasteiger partial charge in [0.1, 0.15) is 5.82 Å². The molecule has 0 bridgehead atoms. The van der Waals surface area contributed by atoms with Crippen LogP contribution in [0.25, 0.3) is 0 Å². The Hall–Kier alpha value is -1.25. The summed E-state index contributed by atoms with van der Waals surface area (Å²) in [5.41, 5.74) is 1.57. The SMILES string of the molecule is CC1CCCC1Nc1ccc(N(C)C(C)C)c(F)c1. The Balaban J connectivity index is 2.10. The molecule has 1 aliphatic rings. The zero-order valence-corrected chi connectivity index (χ0v) is 12.4. The van der Waals surface area contributed by atoms with Crippen molar-refractivity contribution in [3.63, 3.8) is 0 Å². The first-order chi connectivity index (χ1) is 8.99. The number of hydrogen-bond donors (Lipinski definition) is 1. The topological polar surface area (TPSA) is 15.3 Å². The zero-order valence-electron chi connectivity index (χ0n) is 12.4. The molecule has 0 aliphatic heterocycles. The fraction of sp³-hybridized carbons (Fsp3) is 0.625. The van der Waals surface area contributed by atoms with Crippen molar-refractivity contribution >= 4 is 11.4 Å². The van der Waals surface area contributed by atoms with Crippen LogP contribution in [0, 0.1) is 11.7 Å². The molecule has 19 heavy (non-hydrogen) atoms. The number of nitrogens with one attached hydrogen (secondary N) is 1. The molecule has 1 aliphatic carbocycles. The van der Waals surface area contributed by atoms with Gasteiger partial charge in [0.2, 0.25) is 0 Å². The van der Waals surface area contributed by atoms with Crippen molar-refractivity contribution in [2.75, 3.05) is 17.3 Å². The highest BCUT2D eigenvalue weighted by Crippen LogP contribution is 2.29. The van der Waals surface area contributed by atoms with Crippen molar-refractivity contribution in [1.82, 2.24) is 0 Å². The average molecular weight is 264 g/mol. The Labute approximate surface area is 116 Å². The van der Waals surface area contributed by atoms with Gasteiger partial charge in [-0.25, -0.2) is 4.39 Å². The van der Waals surface area contributed by atoms with Gasteiger partial charge in [0.05, 0.1) is 5.69 Å². The Kier molecular flexibility index (Phi) is 4.33. The molecular weight excluding hydrogens is 239 g/mol. The largest absolute Gasteiger partial charge is 0.382 e. The molecule has 1 aromatic rings. The molecule has 106 valence electrons. The lowest BCUT2D eigenvalue weighted by atomic mass is 10.1. The van der Waals surface area contributed by atoms with Crippen molar-refractivity contribution in [3.05, 3.63) is 24.0 Å². The molecule has 2 unspecified atom stereocenters. The van der Waals surface area contributed by atoms with Gasteiger partial charge >= 0.3 is 0 Å². The van der Waals surface area contributed by atoms with E-state index in [2.05, 4.69) is 26.1 Å². The van der Waals surface area contributed by atoms with Crippen LogP contribution >= 0.6 is 0 Å². The van der Waals surface area contributed by atoms with Crippen molar-refractivity contribution in [2.24, 2.45) is 5.92 Å². The molecule has 2 atom stereocenters. The Bertz CT molecular complexity index is 431. The molecule has 1 fully saturated rings. The lowest BCUT2D eigenvalue weighted by Gasteiger charge is -2.25. The Morgan fingerprint density at radius 1 is 1.32 bits per heavy atom. The van der Waals surface area contributed by atoms with Gasteiger partial charge in [0, 0.05) is 24.8 Å². The van der Waals surface area contributed by atoms with Gasteiger partial charge < -0.3 is 10.2 Å². The third kappa shape index (κ3) is 3.20. The van der Waals surface area contributed by atoms with Crippen LogP contribution in [0.2, 0.25) is 0 Å². The maximum Gasteiger partial charge on any atom is 0.148 e. The van der Waals surface area contributed by atoms with Gasteiger partial charge in [-0.3, -0.25) is 0 Å². The first-order valence-electron chi connectivity index (χ1n) is 7.28. The van der Waals surface area contributed by atoms with E-state index in [1.54, 1.807) is 6.07 Å². The fourth-order valence-electron chi connectivity index (χ4n) is 2.73. The van der Waals surface area contributed by atoms with Crippen LogP contribution in [0.4, 0.5) is 15.8 Å². The van der Waals surface area contributed by atoms with Crippen molar-refractivity contribution in [3.8, 4) is 0 Å². The molecule has 0 spiro atoms. The zero-order chi connectivity index (χ0) is 14.0. The predicted molar refractivity (Wildman–Crippen MR) is 80.4 cm³/mol. The quantitative estimate of drug-likeness (QED) is 0.873. The third-order valence-corrected chi connectivity index (χ3v) is 4.32. The first kappa shape index (κ1) is 14.2. The van der Waals surface area contributed by atoms with Crippen LogP contribution in [-0.2, 0) is 0 Å². The Morgan fingerprint density at radius 3 is 2.58 bits per heavy atom. The molecule has 0 amide bonds. The Morgan fingerprint density at radius 2 is 2.05 bits per heavy atom. The summed E-state index contributed by atoms with van der Waals surface area (Å²) in [4.78, 5) is 1.96. The number of anilines is 2. The molecule has 0 heterocycles. The van der Waals surface area contributed by atoms with Crippen molar-refractivity contribution < 1.29 is 4.39 Å². The second-order valence-electron chi connectivity index (χ2n) is 6.03.